The van der Waals surface area contributed by atoms with Crippen molar-refractivity contribution in [1.29, 1.82) is 0 Å². The Kier molecular flexibility index (Phi) is 4.10. The second-order valence-corrected chi connectivity index (χ2v) is 5.92. The van der Waals surface area contributed by atoms with Crippen molar-refractivity contribution >= 4 is 28.8 Å². The Morgan fingerprint density at radius 2 is 2.29 bits per heavy atom. The van der Waals surface area contributed by atoms with Gasteiger partial charge in [0.1, 0.15) is 6.61 Å². The number of anilines is 2. The molecule has 0 radical (unpaired) electrons. The van der Waals surface area contributed by atoms with E-state index in [1.165, 1.54) is 4.88 Å². The van der Waals surface area contributed by atoms with Crippen LogP contribution in [-0.4, -0.2) is 19.2 Å². The molecule has 0 spiro atoms. The van der Waals surface area contributed by atoms with Gasteiger partial charge in [0.2, 0.25) is 0 Å². The topological polar surface area (TPSA) is 41.6 Å². The third-order valence-corrected chi connectivity index (χ3v) is 4.54. The molecule has 1 unspecified atom stereocenters. The van der Waals surface area contributed by atoms with E-state index in [2.05, 4.69) is 29.8 Å². The lowest BCUT2D eigenvalue weighted by Crippen LogP contribution is -2.23. The summed E-state index contributed by atoms with van der Waals surface area (Å²) in [7, 11) is 0. The summed E-state index contributed by atoms with van der Waals surface area (Å²) in [6.07, 6.45) is 0.744. The third-order valence-electron chi connectivity index (χ3n) is 3.55. The summed E-state index contributed by atoms with van der Waals surface area (Å²) >= 11 is 1.76. The average molecular weight is 302 g/mol. The molecule has 2 aromatic rings. The SMILES string of the molecule is CCC(Nc1cccc(N2CCOC2=O)c1)c1cccs1. The monoisotopic (exact) mass is 302 g/mol. The van der Waals surface area contributed by atoms with Crippen molar-refractivity contribution in [2.75, 3.05) is 23.4 Å². The number of benzene rings is 1. The first kappa shape index (κ1) is 13.9. The van der Waals surface area contributed by atoms with Gasteiger partial charge in [-0.3, -0.25) is 4.90 Å². The van der Waals surface area contributed by atoms with Crippen LogP contribution in [0.2, 0.25) is 0 Å². The second kappa shape index (κ2) is 6.18. The van der Waals surface area contributed by atoms with E-state index in [0.29, 0.717) is 19.2 Å². The molecule has 1 fully saturated rings. The molecule has 3 rings (SSSR count). The molecule has 1 aliphatic rings. The number of hydrogen-bond acceptors (Lipinski definition) is 4. The number of amides is 1. The minimum absolute atomic E-state index is 0.266. The van der Waals surface area contributed by atoms with Crippen LogP contribution in [0.25, 0.3) is 0 Å². The fraction of sp³-hybridized carbons (Fsp3) is 0.312. The molecule has 1 saturated heterocycles. The van der Waals surface area contributed by atoms with Crippen LogP contribution in [0.3, 0.4) is 0 Å². The molecule has 4 nitrogen and oxygen atoms in total. The predicted octanol–water partition coefficient (Wildman–Crippen LogP) is 4.27. The molecule has 0 saturated carbocycles. The van der Waals surface area contributed by atoms with E-state index in [1.807, 2.05) is 24.3 Å². The van der Waals surface area contributed by atoms with Gasteiger partial charge < -0.3 is 10.1 Å². The van der Waals surface area contributed by atoms with Gasteiger partial charge in [-0.2, -0.15) is 0 Å². The largest absolute Gasteiger partial charge is 0.447 e. The zero-order valence-electron chi connectivity index (χ0n) is 11.9. The minimum atomic E-state index is -0.266. The lowest BCUT2D eigenvalue weighted by atomic mass is 10.1. The molecule has 1 amide bonds. The highest BCUT2D eigenvalue weighted by Crippen LogP contribution is 2.28. The first-order valence-corrected chi connectivity index (χ1v) is 8.00. The zero-order chi connectivity index (χ0) is 14.7. The quantitative estimate of drug-likeness (QED) is 0.897. The molecule has 21 heavy (non-hydrogen) atoms. The molecular formula is C16H18N2O2S. The van der Waals surface area contributed by atoms with Gasteiger partial charge in [0, 0.05) is 16.3 Å². The number of carbonyl (C=O) groups excluding carboxylic acids is 1. The van der Waals surface area contributed by atoms with Crippen LogP contribution in [0.4, 0.5) is 16.2 Å². The number of nitrogens with one attached hydrogen (secondary N) is 1. The van der Waals surface area contributed by atoms with E-state index in [-0.39, 0.29) is 6.09 Å². The van der Waals surface area contributed by atoms with Gasteiger partial charge in [0.15, 0.2) is 0 Å². The van der Waals surface area contributed by atoms with E-state index in [0.717, 1.165) is 17.8 Å². The van der Waals surface area contributed by atoms with Gasteiger partial charge in [-0.1, -0.05) is 19.1 Å². The zero-order valence-corrected chi connectivity index (χ0v) is 12.7. The summed E-state index contributed by atoms with van der Waals surface area (Å²) < 4.78 is 4.99. The normalized spacial score (nSPS) is 15.9. The lowest BCUT2D eigenvalue weighted by Gasteiger charge is -2.19. The Bertz CT molecular complexity index is 612. The van der Waals surface area contributed by atoms with Crippen LogP contribution in [0, 0.1) is 0 Å². The van der Waals surface area contributed by atoms with Crippen molar-refractivity contribution in [3.05, 3.63) is 46.7 Å². The first-order valence-electron chi connectivity index (χ1n) is 7.12. The van der Waals surface area contributed by atoms with Gasteiger partial charge in [-0.05, 0) is 36.1 Å². The van der Waals surface area contributed by atoms with Gasteiger partial charge in [0.05, 0.1) is 12.6 Å². The number of thiophene rings is 1. The van der Waals surface area contributed by atoms with Crippen molar-refractivity contribution in [3.63, 3.8) is 0 Å². The maximum atomic E-state index is 11.6. The van der Waals surface area contributed by atoms with E-state index in [1.54, 1.807) is 16.2 Å². The minimum Gasteiger partial charge on any atom is -0.447 e. The number of cyclic esters (lactones) is 1. The summed E-state index contributed by atoms with van der Waals surface area (Å²) in [5.74, 6) is 0. The molecule has 5 heteroatoms. The van der Waals surface area contributed by atoms with E-state index >= 15 is 0 Å². The summed E-state index contributed by atoms with van der Waals surface area (Å²) in [4.78, 5) is 14.6. The Labute approximate surface area is 128 Å². The number of hydrogen-bond donors (Lipinski definition) is 1. The molecule has 1 aromatic carbocycles. The van der Waals surface area contributed by atoms with Crippen molar-refractivity contribution in [2.24, 2.45) is 0 Å². The highest BCUT2D eigenvalue weighted by Gasteiger charge is 2.23. The molecular weight excluding hydrogens is 284 g/mol. The van der Waals surface area contributed by atoms with Gasteiger partial charge in [-0.15, -0.1) is 11.3 Å². The molecule has 1 aliphatic heterocycles. The second-order valence-electron chi connectivity index (χ2n) is 4.94. The third kappa shape index (κ3) is 3.03. The van der Waals surface area contributed by atoms with Crippen LogP contribution >= 0.6 is 11.3 Å². The Hall–Kier alpha value is -2.01. The van der Waals surface area contributed by atoms with E-state index in [4.69, 9.17) is 4.74 Å². The maximum absolute atomic E-state index is 11.6. The highest BCUT2D eigenvalue weighted by molar-refractivity contribution is 7.10. The summed E-state index contributed by atoms with van der Waals surface area (Å²) in [5.41, 5.74) is 1.90. The van der Waals surface area contributed by atoms with Crippen molar-refractivity contribution in [1.82, 2.24) is 0 Å². The Morgan fingerprint density at radius 1 is 1.38 bits per heavy atom. The molecule has 0 bridgehead atoms. The van der Waals surface area contributed by atoms with Gasteiger partial charge in [0.25, 0.3) is 0 Å². The van der Waals surface area contributed by atoms with Crippen molar-refractivity contribution in [2.45, 2.75) is 19.4 Å². The summed E-state index contributed by atoms with van der Waals surface area (Å²) in [6, 6.07) is 12.4. The van der Waals surface area contributed by atoms with E-state index in [9.17, 15) is 4.79 Å². The number of carbonyl (C=O) groups is 1. The number of ether oxygens (including phenoxy) is 1. The molecule has 1 atom stereocenters. The standard InChI is InChI=1S/C16H18N2O2S/c1-2-14(15-7-4-10-21-15)17-12-5-3-6-13(11-12)18-8-9-20-16(18)19/h3-7,10-11,14,17H,2,8-9H2,1H3. The molecule has 1 N–H and O–H groups in total. The predicted molar refractivity (Wildman–Crippen MR) is 86.1 cm³/mol. The van der Waals surface area contributed by atoms with Crippen LogP contribution in [0.5, 0.6) is 0 Å². The van der Waals surface area contributed by atoms with Crippen molar-refractivity contribution < 1.29 is 9.53 Å². The fourth-order valence-corrected chi connectivity index (χ4v) is 3.32. The van der Waals surface area contributed by atoms with Crippen LogP contribution in [0.1, 0.15) is 24.3 Å². The van der Waals surface area contributed by atoms with Crippen LogP contribution in [-0.2, 0) is 4.74 Å². The molecule has 2 heterocycles. The van der Waals surface area contributed by atoms with Crippen LogP contribution in [0.15, 0.2) is 41.8 Å². The first-order chi connectivity index (χ1) is 10.3. The summed E-state index contributed by atoms with van der Waals surface area (Å²) in [6.45, 7) is 3.24. The Balaban J connectivity index is 1.78. The average Bonchev–Trinajstić information content (AvgIpc) is 3.16. The van der Waals surface area contributed by atoms with E-state index < -0.39 is 0 Å². The smallest absolute Gasteiger partial charge is 0.414 e. The molecule has 110 valence electrons. The molecule has 0 aliphatic carbocycles. The van der Waals surface area contributed by atoms with Gasteiger partial charge in [-0.25, -0.2) is 4.79 Å². The van der Waals surface area contributed by atoms with Crippen molar-refractivity contribution in [3.8, 4) is 0 Å². The fourth-order valence-electron chi connectivity index (χ4n) is 2.46. The molecule has 1 aromatic heterocycles. The number of rotatable bonds is 5. The van der Waals surface area contributed by atoms with Gasteiger partial charge >= 0.3 is 6.09 Å². The summed E-state index contributed by atoms with van der Waals surface area (Å²) in [5, 5.41) is 5.63. The van der Waals surface area contributed by atoms with Crippen LogP contribution < -0.4 is 10.2 Å². The Morgan fingerprint density at radius 3 is 2.95 bits per heavy atom. The number of nitrogens with zero attached hydrogens (tertiary/aromatic N) is 1. The lowest BCUT2D eigenvalue weighted by molar-refractivity contribution is 0.181. The maximum Gasteiger partial charge on any atom is 0.414 e. The highest BCUT2D eigenvalue weighted by atomic mass is 32.1.